The quantitative estimate of drug-likeness (QED) is 0.500. The van der Waals surface area contributed by atoms with Gasteiger partial charge < -0.3 is 9.84 Å². The molecule has 0 aromatic carbocycles. The maximum Gasteiger partial charge on any atom is 0.0774 e. The SMILES string of the molecule is C[C@H]1CC[C@H](O)CO1. The molecule has 2 heteroatoms. The van der Waals surface area contributed by atoms with Gasteiger partial charge in [0.1, 0.15) is 0 Å². The fourth-order valence-corrected chi connectivity index (χ4v) is 0.869. The molecule has 0 bridgehead atoms. The topological polar surface area (TPSA) is 29.5 Å². The molecule has 2 atom stereocenters. The van der Waals surface area contributed by atoms with E-state index < -0.39 is 0 Å². The van der Waals surface area contributed by atoms with E-state index in [1.807, 2.05) is 6.92 Å². The smallest absolute Gasteiger partial charge is 0.0774 e. The van der Waals surface area contributed by atoms with Gasteiger partial charge in [-0.25, -0.2) is 0 Å². The molecular formula is C6H12O2. The van der Waals surface area contributed by atoms with Crippen molar-refractivity contribution in [2.75, 3.05) is 6.61 Å². The Morgan fingerprint density at radius 1 is 1.50 bits per heavy atom. The Labute approximate surface area is 49.5 Å². The minimum absolute atomic E-state index is 0.203. The molecule has 0 unspecified atom stereocenters. The average Bonchev–Trinajstić information content (AvgIpc) is 1.77. The van der Waals surface area contributed by atoms with Crippen molar-refractivity contribution in [1.82, 2.24) is 0 Å². The van der Waals surface area contributed by atoms with E-state index in [0.717, 1.165) is 12.8 Å². The molecule has 1 aliphatic heterocycles. The van der Waals surface area contributed by atoms with Crippen LogP contribution in [0.25, 0.3) is 0 Å². The molecule has 8 heavy (non-hydrogen) atoms. The van der Waals surface area contributed by atoms with Gasteiger partial charge >= 0.3 is 0 Å². The first-order valence-corrected chi connectivity index (χ1v) is 3.08. The predicted molar refractivity (Wildman–Crippen MR) is 30.7 cm³/mol. The standard InChI is InChI=1S/C6H12O2/c1-5-2-3-6(7)4-8-5/h5-7H,2-4H2,1H3/t5-,6-/m0/s1. The number of rotatable bonds is 0. The van der Waals surface area contributed by atoms with Gasteiger partial charge in [0.05, 0.1) is 18.8 Å². The summed E-state index contributed by atoms with van der Waals surface area (Å²) in [5, 5.41) is 8.90. The van der Waals surface area contributed by atoms with Crippen molar-refractivity contribution in [3.05, 3.63) is 0 Å². The summed E-state index contributed by atoms with van der Waals surface area (Å²) in [6, 6.07) is 0. The summed E-state index contributed by atoms with van der Waals surface area (Å²) >= 11 is 0. The average molecular weight is 116 g/mol. The third-order valence-corrected chi connectivity index (χ3v) is 1.48. The van der Waals surface area contributed by atoms with Crippen molar-refractivity contribution < 1.29 is 9.84 Å². The van der Waals surface area contributed by atoms with Gasteiger partial charge in [-0.05, 0) is 19.8 Å². The molecule has 0 aromatic rings. The first-order valence-electron chi connectivity index (χ1n) is 3.08. The highest BCUT2D eigenvalue weighted by Gasteiger charge is 2.14. The highest BCUT2D eigenvalue weighted by atomic mass is 16.5. The Morgan fingerprint density at radius 2 is 2.25 bits per heavy atom. The summed E-state index contributed by atoms with van der Waals surface area (Å²) in [5.41, 5.74) is 0. The fraction of sp³-hybridized carbons (Fsp3) is 1.00. The third kappa shape index (κ3) is 1.46. The van der Waals surface area contributed by atoms with Crippen LogP contribution in [0.3, 0.4) is 0 Å². The molecule has 0 radical (unpaired) electrons. The molecule has 0 aromatic heterocycles. The lowest BCUT2D eigenvalue weighted by Crippen LogP contribution is -2.26. The molecule has 48 valence electrons. The molecule has 0 saturated carbocycles. The summed E-state index contributed by atoms with van der Waals surface area (Å²) in [7, 11) is 0. The van der Waals surface area contributed by atoms with Gasteiger partial charge in [0.15, 0.2) is 0 Å². The van der Waals surface area contributed by atoms with Gasteiger partial charge in [-0.1, -0.05) is 0 Å². The van der Waals surface area contributed by atoms with Crippen LogP contribution in [0, 0.1) is 0 Å². The van der Waals surface area contributed by atoms with E-state index in [0.29, 0.717) is 12.7 Å². The monoisotopic (exact) mass is 116 g/mol. The first-order chi connectivity index (χ1) is 3.79. The lowest BCUT2D eigenvalue weighted by molar-refractivity contribution is -0.0472. The van der Waals surface area contributed by atoms with Crippen LogP contribution >= 0.6 is 0 Å². The maximum atomic E-state index is 8.90. The van der Waals surface area contributed by atoms with Crippen LogP contribution in [0.5, 0.6) is 0 Å². The Hall–Kier alpha value is -0.0800. The van der Waals surface area contributed by atoms with E-state index in [-0.39, 0.29) is 6.10 Å². The third-order valence-electron chi connectivity index (χ3n) is 1.48. The van der Waals surface area contributed by atoms with Crippen molar-refractivity contribution in [3.8, 4) is 0 Å². The predicted octanol–water partition coefficient (Wildman–Crippen LogP) is 0.546. The number of hydrogen-bond acceptors (Lipinski definition) is 2. The van der Waals surface area contributed by atoms with E-state index in [1.54, 1.807) is 0 Å². The number of aliphatic hydroxyl groups excluding tert-OH is 1. The van der Waals surface area contributed by atoms with Crippen molar-refractivity contribution in [2.45, 2.75) is 32.0 Å². The zero-order valence-corrected chi connectivity index (χ0v) is 5.13. The van der Waals surface area contributed by atoms with Crippen molar-refractivity contribution in [2.24, 2.45) is 0 Å². The zero-order valence-electron chi connectivity index (χ0n) is 5.13. The minimum Gasteiger partial charge on any atom is -0.391 e. The van der Waals surface area contributed by atoms with E-state index in [1.165, 1.54) is 0 Å². The van der Waals surface area contributed by atoms with Gasteiger partial charge in [-0.3, -0.25) is 0 Å². The summed E-state index contributed by atoms with van der Waals surface area (Å²) in [6.07, 6.45) is 2.06. The highest BCUT2D eigenvalue weighted by molar-refractivity contribution is 4.64. The Bertz CT molecular complexity index is 54.9. The summed E-state index contributed by atoms with van der Waals surface area (Å²) < 4.78 is 5.14. The molecule has 1 aliphatic rings. The van der Waals surface area contributed by atoms with Gasteiger partial charge in [-0.2, -0.15) is 0 Å². The van der Waals surface area contributed by atoms with Crippen LogP contribution in [-0.4, -0.2) is 23.9 Å². The van der Waals surface area contributed by atoms with Crippen LogP contribution in [0.4, 0.5) is 0 Å². The van der Waals surface area contributed by atoms with Gasteiger partial charge in [0, 0.05) is 0 Å². The lowest BCUT2D eigenvalue weighted by Gasteiger charge is -2.22. The van der Waals surface area contributed by atoms with E-state index in [4.69, 9.17) is 9.84 Å². The first kappa shape index (κ1) is 6.05. The molecule has 1 heterocycles. The Morgan fingerprint density at radius 3 is 2.62 bits per heavy atom. The molecule has 1 rings (SSSR count). The zero-order chi connectivity index (χ0) is 5.98. The highest BCUT2D eigenvalue weighted by Crippen LogP contribution is 2.11. The minimum atomic E-state index is -0.203. The number of aliphatic hydroxyl groups is 1. The molecule has 1 N–H and O–H groups in total. The molecule has 0 spiro atoms. The van der Waals surface area contributed by atoms with Crippen molar-refractivity contribution in [1.29, 1.82) is 0 Å². The number of hydrogen-bond donors (Lipinski definition) is 1. The van der Waals surface area contributed by atoms with E-state index in [2.05, 4.69) is 0 Å². The molecule has 0 amide bonds. The molecule has 1 saturated heterocycles. The molecule has 0 aliphatic carbocycles. The van der Waals surface area contributed by atoms with E-state index >= 15 is 0 Å². The van der Waals surface area contributed by atoms with Crippen LogP contribution in [0.15, 0.2) is 0 Å². The normalized spacial score (nSPS) is 39.8. The fourth-order valence-electron chi connectivity index (χ4n) is 0.869. The second kappa shape index (κ2) is 2.46. The molecule has 1 fully saturated rings. The maximum absolute atomic E-state index is 8.90. The second-order valence-electron chi connectivity index (χ2n) is 2.38. The van der Waals surface area contributed by atoms with E-state index in [9.17, 15) is 0 Å². The lowest BCUT2D eigenvalue weighted by atomic mass is 10.1. The Balaban J connectivity index is 2.19. The summed E-state index contributed by atoms with van der Waals surface area (Å²) in [6.45, 7) is 2.56. The van der Waals surface area contributed by atoms with Gasteiger partial charge in [0.25, 0.3) is 0 Å². The molecular weight excluding hydrogens is 104 g/mol. The second-order valence-corrected chi connectivity index (χ2v) is 2.38. The summed E-state index contributed by atoms with van der Waals surface area (Å²) in [5.74, 6) is 0. The van der Waals surface area contributed by atoms with Crippen LogP contribution < -0.4 is 0 Å². The van der Waals surface area contributed by atoms with Gasteiger partial charge in [-0.15, -0.1) is 0 Å². The van der Waals surface area contributed by atoms with Crippen LogP contribution in [0.1, 0.15) is 19.8 Å². The number of ether oxygens (including phenoxy) is 1. The largest absolute Gasteiger partial charge is 0.391 e. The summed E-state index contributed by atoms with van der Waals surface area (Å²) in [4.78, 5) is 0. The van der Waals surface area contributed by atoms with Crippen molar-refractivity contribution in [3.63, 3.8) is 0 Å². The van der Waals surface area contributed by atoms with Crippen LogP contribution in [-0.2, 0) is 4.74 Å². The molecule has 2 nitrogen and oxygen atoms in total. The van der Waals surface area contributed by atoms with Crippen LogP contribution in [0.2, 0.25) is 0 Å². The Kier molecular flexibility index (Phi) is 1.86. The van der Waals surface area contributed by atoms with Crippen molar-refractivity contribution >= 4 is 0 Å². The van der Waals surface area contributed by atoms with Gasteiger partial charge in [0.2, 0.25) is 0 Å².